The third-order valence-electron chi connectivity index (χ3n) is 9.90. The zero-order valence-corrected chi connectivity index (χ0v) is 24.7. The predicted molar refractivity (Wildman–Crippen MR) is 152 cm³/mol. The van der Waals surface area contributed by atoms with Crippen LogP contribution in [0.3, 0.4) is 0 Å². The Balaban J connectivity index is 1.24. The van der Waals surface area contributed by atoms with E-state index in [9.17, 15) is 9.59 Å². The molecular weight excluding hydrogens is 491 g/mol. The summed E-state index contributed by atoms with van der Waals surface area (Å²) in [6, 6.07) is 10.2. The van der Waals surface area contributed by atoms with Crippen molar-refractivity contribution in [3.63, 3.8) is 0 Å². The molecule has 0 aromatic heterocycles. The Bertz CT molecular complexity index is 1040. The minimum Gasteiger partial charge on any atom is -0.444 e. The van der Waals surface area contributed by atoms with Crippen molar-refractivity contribution >= 4 is 19.1 Å². The topological polar surface area (TPSA) is 77.1 Å². The number of hydrogen-bond acceptors (Lipinski definition) is 5. The molecule has 2 aliphatic heterocycles. The molecule has 1 aromatic carbocycles. The molecule has 0 radical (unpaired) electrons. The fraction of sp³-hybridized carbons (Fsp3) is 0.742. The number of hydrogen-bond donors (Lipinski definition) is 1. The number of piperidine rings is 1. The Morgan fingerprint density at radius 1 is 1.15 bits per heavy atom. The van der Waals surface area contributed by atoms with Crippen LogP contribution in [0, 0.1) is 17.3 Å². The van der Waals surface area contributed by atoms with E-state index in [0.717, 1.165) is 31.2 Å². The predicted octanol–water partition coefficient (Wildman–Crippen LogP) is 5.55. The molecule has 5 aliphatic rings. The average molecular weight is 539 g/mol. The first-order valence-corrected chi connectivity index (χ1v) is 15.0. The molecule has 5 fully saturated rings. The number of nitrogens with one attached hydrogen (secondary N) is 1. The Hall–Kier alpha value is -2.06. The molecule has 3 aliphatic carbocycles. The average Bonchev–Trinajstić information content (AvgIpc) is 3.24. The first kappa shape index (κ1) is 28.5. The summed E-state index contributed by atoms with van der Waals surface area (Å²) < 4.78 is 19.0. The second kappa shape index (κ2) is 10.7. The maximum Gasteiger partial charge on any atom is 0.482 e. The lowest BCUT2D eigenvalue weighted by Crippen LogP contribution is -2.65. The van der Waals surface area contributed by atoms with Gasteiger partial charge in [0.25, 0.3) is 0 Å². The number of likely N-dealkylation sites (tertiary alicyclic amines) is 1. The second-order valence-electron chi connectivity index (χ2n) is 14.1. The van der Waals surface area contributed by atoms with Crippen LogP contribution in [0.1, 0.15) is 92.1 Å². The van der Waals surface area contributed by atoms with E-state index in [4.69, 9.17) is 14.0 Å². The largest absolute Gasteiger partial charge is 0.482 e. The SMILES string of the molecule is CC(C)(C)OC(=O)N1CCCCC1CCC(=O)N[C@@H](Cc1ccccc1)B1O[C@@H]2C[C@@H]3C[C@@H](C3(C)C)[C@]2(C)O1. The van der Waals surface area contributed by atoms with Crippen LogP contribution in [0.25, 0.3) is 0 Å². The van der Waals surface area contributed by atoms with Crippen molar-refractivity contribution in [2.75, 3.05) is 6.54 Å². The molecular formula is C31H47BN2O5. The van der Waals surface area contributed by atoms with Crippen LogP contribution in [0.5, 0.6) is 0 Å². The first-order valence-electron chi connectivity index (χ1n) is 15.0. The highest BCUT2D eigenvalue weighted by atomic mass is 16.7. The number of nitrogens with zero attached hydrogens (tertiary/aromatic N) is 1. The van der Waals surface area contributed by atoms with Gasteiger partial charge in [-0.25, -0.2) is 4.79 Å². The molecule has 39 heavy (non-hydrogen) atoms. The summed E-state index contributed by atoms with van der Waals surface area (Å²) in [5.74, 6) is 0.837. The van der Waals surface area contributed by atoms with Crippen LogP contribution in [0.2, 0.25) is 0 Å². The van der Waals surface area contributed by atoms with Gasteiger partial charge in [0, 0.05) is 19.0 Å². The minimum absolute atomic E-state index is 0.0155. The first-order chi connectivity index (χ1) is 18.4. The van der Waals surface area contributed by atoms with Crippen LogP contribution in [-0.4, -0.2) is 59.9 Å². The monoisotopic (exact) mass is 538 g/mol. The van der Waals surface area contributed by atoms with Crippen molar-refractivity contribution < 1.29 is 23.6 Å². The third-order valence-corrected chi connectivity index (χ3v) is 9.90. The number of ether oxygens (including phenoxy) is 1. The molecule has 0 spiro atoms. The number of benzene rings is 1. The summed E-state index contributed by atoms with van der Waals surface area (Å²) >= 11 is 0. The van der Waals surface area contributed by atoms with Gasteiger partial charge in [0.15, 0.2) is 0 Å². The van der Waals surface area contributed by atoms with Gasteiger partial charge in [-0.05, 0) is 95.5 Å². The lowest BCUT2D eigenvalue weighted by atomic mass is 9.43. The van der Waals surface area contributed by atoms with Gasteiger partial charge in [-0.3, -0.25) is 4.79 Å². The quantitative estimate of drug-likeness (QED) is 0.461. The molecule has 8 heteroatoms. The summed E-state index contributed by atoms with van der Waals surface area (Å²) in [5, 5.41) is 3.28. The summed E-state index contributed by atoms with van der Waals surface area (Å²) in [6.07, 6.45) is 6.54. The number of amides is 2. The highest BCUT2D eigenvalue weighted by molar-refractivity contribution is 6.48. The smallest absolute Gasteiger partial charge is 0.444 e. The summed E-state index contributed by atoms with van der Waals surface area (Å²) in [4.78, 5) is 28.0. The highest BCUT2D eigenvalue weighted by Crippen LogP contribution is 2.65. The van der Waals surface area contributed by atoms with Gasteiger partial charge in [-0.2, -0.15) is 0 Å². The summed E-state index contributed by atoms with van der Waals surface area (Å²) in [5.41, 5.74) is 0.551. The Morgan fingerprint density at radius 2 is 1.90 bits per heavy atom. The van der Waals surface area contributed by atoms with Gasteiger partial charge in [0.2, 0.25) is 5.91 Å². The normalized spacial score (nSPS) is 32.2. The molecule has 6 rings (SSSR count). The molecule has 214 valence electrons. The van der Waals surface area contributed by atoms with Crippen molar-refractivity contribution in [2.45, 2.75) is 122 Å². The van der Waals surface area contributed by atoms with E-state index in [1.54, 1.807) is 0 Å². The number of carbonyl (C=O) groups is 2. The molecule has 2 amide bonds. The van der Waals surface area contributed by atoms with E-state index in [0.29, 0.717) is 37.6 Å². The Morgan fingerprint density at radius 3 is 2.59 bits per heavy atom. The zero-order chi connectivity index (χ0) is 28.0. The maximum atomic E-state index is 13.4. The van der Waals surface area contributed by atoms with E-state index in [-0.39, 0.29) is 41.1 Å². The summed E-state index contributed by atoms with van der Waals surface area (Å²) in [7, 11) is -0.479. The van der Waals surface area contributed by atoms with Crippen LogP contribution < -0.4 is 5.32 Å². The number of carbonyl (C=O) groups excluding carboxylic acids is 2. The molecule has 6 atom stereocenters. The molecule has 2 bridgehead atoms. The van der Waals surface area contributed by atoms with E-state index in [1.807, 2.05) is 43.9 Å². The zero-order valence-electron chi connectivity index (χ0n) is 24.7. The third kappa shape index (κ3) is 5.88. The summed E-state index contributed by atoms with van der Waals surface area (Å²) in [6.45, 7) is 13.3. The van der Waals surface area contributed by atoms with Crippen LogP contribution in [0.15, 0.2) is 30.3 Å². The van der Waals surface area contributed by atoms with Gasteiger partial charge in [0.1, 0.15) is 5.60 Å². The molecule has 1 N–H and O–H groups in total. The van der Waals surface area contributed by atoms with E-state index >= 15 is 0 Å². The van der Waals surface area contributed by atoms with Crippen molar-refractivity contribution in [3.8, 4) is 0 Å². The van der Waals surface area contributed by atoms with Crippen LogP contribution >= 0.6 is 0 Å². The second-order valence-corrected chi connectivity index (χ2v) is 14.1. The fourth-order valence-electron chi connectivity index (χ4n) is 7.59. The standard InChI is InChI=1S/C31H47BN2O5/c1-29(2,3)37-28(36)34-17-11-10-14-23(34)15-16-27(35)33-26(18-21-12-8-7-9-13-21)32-38-25-20-22-19-24(30(22,4)5)31(25,6)39-32/h7-9,12-13,22-26H,10-11,14-20H2,1-6H3,(H,33,35)/t22-,23?,24-,25+,26-,31-/m0/s1. The van der Waals surface area contributed by atoms with E-state index in [2.05, 4.69) is 38.2 Å². The van der Waals surface area contributed by atoms with Crippen LogP contribution in [0.4, 0.5) is 4.79 Å². The number of rotatable bonds is 7. The van der Waals surface area contributed by atoms with Crippen molar-refractivity contribution in [1.29, 1.82) is 0 Å². The van der Waals surface area contributed by atoms with Gasteiger partial charge in [-0.15, -0.1) is 0 Å². The molecule has 2 saturated heterocycles. The lowest BCUT2D eigenvalue weighted by molar-refractivity contribution is -0.199. The minimum atomic E-state index is -0.536. The van der Waals surface area contributed by atoms with Crippen molar-refractivity contribution in [1.82, 2.24) is 10.2 Å². The highest BCUT2D eigenvalue weighted by Gasteiger charge is 2.68. The van der Waals surface area contributed by atoms with E-state index < -0.39 is 12.7 Å². The molecule has 3 saturated carbocycles. The molecule has 7 nitrogen and oxygen atoms in total. The molecule has 2 heterocycles. The Labute approximate surface area is 234 Å². The van der Waals surface area contributed by atoms with Crippen molar-refractivity contribution in [3.05, 3.63) is 35.9 Å². The van der Waals surface area contributed by atoms with Gasteiger partial charge in [-0.1, -0.05) is 44.2 Å². The van der Waals surface area contributed by atoms with E-state index in [1.165, 1.54) is 6.42 Å². The van der Waals surface area contributed by atoms with Crippen molar-refractivity contribution in [2.24, 2.45) is 17.3 Å². The van der Waals surface area contributed by atoms with Crippen LogP contribution in [-0.2, 0) is 25.3 Å². The maximum absolute atomic E-state index is 13.4. The fourth-order valence-corrected chi connectivity index (χ4v) is 7.59. The Kier molecular flexibility index (Phi) is 7.84. The molecule has 1 unspecified atom stereocenters. The van der Waals surface area contributed by atoms with Gasteiger partial charge >= 0.3 is 13.2 Å². The molecule has 1 aromatic rings. The van der Waals surface area contributed by atoms with Gasteiger partial charge < -0.3 is 24.3 Å². The lowest BCUT2D eigenvalue weighted by Gasteiger charge is -2.64. The van der Waals surface area contributed by atoms with Gasteiger partial charge in [0.05, 0.1) is 17.6 Å².